The van der Waals surface area contributed by atoms with Gasteiger partial charge in [0, 0.05) is 0 Å². The molecule has 0 aromatic heterocycles. The number of aliphatic hydroxyl groups is 1. The maximum absolute atomic E-state index is 9.30. The molecule has 0 radical (unpaired) electrons. The molecule has 0 bridgehead atoms. The van der Waals surface area contributed by atoms with Crippen molar-refractivity contribution in [1.82, 2.24) is 0 Å². The third kappa shape index (κ3) is 2.07. The van der Waals surface area contributed by atoms with Gasteiger partial charge in [0.15, 0.2) is 0 Å². The Morgan fingerprint density at radius 2 is 2.33 bits per heavy atom. The van der Waals surface area contributed by atoms with Gasteiger partial charge in [0.2, 0.25) is 0 Å². The molecule has 1 nitrogen and oxygen atoms in total. The Kier molecular flexibility index (Phi) is 1.50. The topological polar surface area (TPSA) is 20.2 Å². The molecule has 1 N–H and O–H groups in total. The third-order valence-corrected chi connectivity index (χ3v) is 1.69. The minimum absolute atomic E-state index is 0.705. The third-order valence-electron chi connectivity index (χ3n) is 1.69. The zero-order valence-electron chi connectivity index (χ0n) is 5.72. The Balaban J connectivity index is 2.32. The van der Waals surface area contributed by atoms with Crippen molar-refractivity contribution in [3.8, 4) is 12.3 Å². The predicted molar refractivity (Wildman–Crippen MR) is 36.8 cm³/mol. The lowest BCUT2D eigenvalue weighted by Crippen LogP contribution is -2.21. The SMILES string of the molecule is C#C[C@@](C)(O)CC1CC1. The molecule has 9 heavy (non-hydrogen) atoms. The van der Waals surface area contributed by atoms with E-state index in [1.807, 2.05) is 0 Å². The average Bonchev–Trinajstić information content (AvgIpc) is 2.50. The molecule has 0 saturated heterocycles. The van der Waals surface area contributed by atoms with Crippen LogP contribution in [0.15, 0.2) is 0 Å². The zero-order valence-corrected chi connectivity index (χ0v) is 5.72. The Morgan fingerprint density at radius 1 is 1.78 bits per heavy atom. The Morgan fingerprint density at radius 3 is 2.67 bits per heavy atom. The molecule has 50 valence electrons. The van der Waals surface area contributed by atoms with Crippen LogP contribution in [0, 0.1) is 18.3 Å². The van der Waals surface area contributed by atoms with Gasteiger partial charge >= 0.3 is 0 Å². The quantitative estimate of drug-likeness (QED) is 0.548. The summed E-state index contributed by atoms with van der Waals surface area (Å²) in [6, 6.07) is 0. The maximum atomic E-state index is 9.30. The summed E-state index contributed by atoms with van der Waals surface area (Å²) in [5.41, 5.74) is -0.846. The minimum Gasteiger partial charge on any atom is -0.378 e. The van der Waals surface area contributed by atoms with Gasteiger partial charge in [0.05, 0.1) is 0 Å². The summed E-state index contributed by atoms with van der Waals surface area (Å²) in [4.78, 5) is 0. The highest BCUT2D eigenvalue weighted by molar-refractivity contribution is 5.06. The summed E-state index contributed by atoms with van der Waals surface area (Å²) in [6.45, 7) is 1.70. The second kappa shape index (κ2) is 2.04. The standard InChI is InChI=1S/C8H12O/c1-3-8(2,9)6-7-4-5-7/h1,7,9H,4-6H2,2H3/t8-/m1/s1. The summed E-state index contributed by atoms with van der Waals surface area (Å²) >= 11 is 0. The van der Waals surface area contributed by atoms with Crippen molar-refractivity contribution in [3.63, 3.8) is 0 Å². The van der Waals surface area contributed by atoms with E-state index in [0.717, 1.165) is 6.42 Å². The van der Waals surface area contributed by atoms with E-state index in [4.69, 9.17) is 6.42 Å². The molecule has 0 aromatic carbocycles. The van der Waals surface area contributed by atoms with E-state index >= 15 is 0 Å². The fourth-order valence-corrected chi connectivity index (χ4v) is 0.943. The smallest absolute Gasteiger partial charge is 0.122 e. The van der Waals surface area contributed by atoms with Crippen LogP contribution in [0.1, 0.15) is 26.2 Å². The number of hydrogen-bond donors (Lipinski definition) is 1. The molecule has 1 fully saturated rings. The molecule has 0 unspecified atom stereocenters. The number of rotatable bonds is 2. The Bertz CT molecular complexity index is 137. The molecule has 0 aliphatic heterocycles. The van der Waals surface area contributed by atoms with Crippen LogP contribution in [-0.4, -0.2) is 10.7 Å². The van der Waals surface area contributed by atoms with Crippen LogP contribution < -0.4 is 0 Å². The van der Waals surface area contributed by atoms with Gasteiger partial charge in [-0.25, -0.2) is 0 Å². The summed E-state index contributed by atoms with van der Waals surface area (Å²) in [5.74, 6) is 3.07. The molecule has 0 amide bonds. The van der Waals surface area contributed by atoms with E-state index in [0.29, 0.717) is 5.92 Å². The van der Waals surface area contributed by atoms with Gasteiger partial charge in [0.25, 0.3) is 0 Å². The maximum Gasteiger partial charge on any atom is 0.122 e. The van der Waals surface area contributed by atoms with Crippen molar-refractivity contribution >= 4 is 0 Å². The lowest BCUT2D eigenvalue weighted by molar-refractivity contribution is 0.106. The van der Waals surface area contributed by atoms with Crippen LogP contribution in [0.25, 0.3) is 0 Å². The van der Waals surface area contributed by atoms with Gasteiger partial charge in [-0.1, -0.05) is 18.8 Å². The molecule has 0 aromatic rings. The van der Waals surface area contributed by atoms with E-state index in [2.05, 4.69) is 5.92 Å². The van der Waals surface area contributed by atoms with Gasteiger partial charge in [-0.2, -0.15) is 0 Å². The van der Waals surface area contributed by atoms with Crippen molar-refractivity contribution in [2.45, 2.75) is 31.8 Å². The molecule has 1 atom stereocenters. The fraction of sp³-hybridized carbons (Fsp3) is 0.750. The van der Waals surface area contributed by atoms with Crippen LogP contribution >= 0.6 is 0 Å². The van der Waals surface area contributed by atoms with Crippen LogP contribution in [-0.2, 0) is 0 Å². The highest BCUT2D eigenvalue weighted by Crippen LogP contribution is 2.36. The average molecular weight is 124 g/mol. The van der Waals surface area contributed by atoms with E-state index in [9.17, 15) is 5.11 Å². The molecule has 1 saturated carbocycles. The monoisotopic (exact) mass is 124 g/mol. The second-order valence-corrected chi connectivity index (χ2v) is 3.07. The van der Waals surface area contributed by atoms with E-state index in [1.54, 1.807) is 6.92 Å². The van der Waals surface area contributed by atoms with Crippen LogP contribution in [0.3, 0.4) is 0 Å². The first-order valence-electron chi connectivity index (χ1n) is 3.34. The lowest BCUT2D eigenvalue weighted by atomic mass is 10.0. The summed E-state index contributed by atoms with van der Waals surface area (Å²) in [5, 5.41) is 9.30. The summed E-state index contributed by atoms with van der Waals surface area (Å²) in [7, 11) is 0. The largest absolute Gasteiger partial charge is 0.378 e. The molecular formula is C8H12O. The highest BCUT2D eigenvalue weighted by Gasteiger charge is 2.29. The van der Waals surface area contributed by atoms with Crippen molar-refractivity contribution in [2.75, 3.05) is 0 Å². The lowest BCUT2D eigenvalue weighted by Gasteiger charge is -2.14. The first-order chi connectivity index (χ1) is 4.14. The zero-order chi connectivity index (χ0) is 6.91. The normalized spacial score (nSPS) is 24.6. The fourth-order valence-electron chi connectivity index (χ4n) is 0.943. The van der Waals surface area contributed by atoms with E-state index in [1.165, 1.54) is 12.8 Å². The Labute approximate surface area is 56.1 Å². The van der Waals surface area contributed by atoms with Gasteiger partial charge in [-0.05, 0) is 19.3 Å². The molecule has 1 heteroatoms. The molecule has 1 aliphatic rings. The van der Waals surface area contributed by atoms with Gasteiger partial charge in [-0.15, -0.1) is 6.42 Å². The van der Waals surface area contributed by atoms with Gasteiger partial charge in [-0.3, -0.25) is 0 Å². The van der Waals surface area contributed by atoms with E-state index in [-0.39, 0.29) is 0 Å². The van der Waals surface area contributed by atoms with Crippen LogP contribution in [0.4, 0.5) is 0 Å². The molecule has 1 aliphatic carbocycles. The molecule has 0 heterocycles. The highest BCUT2D eigenvalue weighted by atomic mass is 16.3. The van der Waals surface area contributed by atoms with Crippen molar-refractivity contribution in [2.24, 2.45) is 5.92 Å². The summed E-state index contributed by atoms with van der Waals surface area (Å²) in [6.07, 6.45) is 8.36. The van der Waals surface area contributed by atoms with Crippen LogP contribution in [0.2, 0.25) is 0 Å². The molecule has 1 rings (SSSR count). The number of hydrogen-bond acceptors (Lipinski definition) is 1. The number of terminal acetylenes is 1. The van der Waals surface area contributed by atoms with Crippen molar-refractivity contribution < 1.29 is 5.11 Å². The van der Waals surface area contributed by atoms with Crippen molar-refractivity contribution in [1.29, 1.82) is 0 Å². The minimum atomic E-state index is -0.846. The molecular weight excluding hydrogens is 112 g/mol. The first-order valence-corrected chi connectivity index (χ1v) is 3.34. The van der Waals surface area contributed by atoms with E-state index < -0.39 is 5.60 Å². The first kappa shape index (κ1) is 6.64. The predicted octanol–water partition coefficient (Wildman–Crippen LogP) is 1.17. The second-order valence-electron chi connectivity index (χ2n) is 3.07. The van der Waals surface area contributed by atoms with Gasteiger partial charge < -0.3 is 5.11 Å². The van der Waals surface area contributed by atoms with Gasteiger partial charge in [0.1, 0.15) is 5.60 Å². The molecule has 0 spiro atoms. The summed E-state index contributed by atoms with van der Waals surface area (Å²) < 4.78 is 0. The Hall–Kier alpha value is -0.480. The van der Waals surface area contributed by atoms with Crippen molar-refractivity contribution in [3.05, 3.63) is 0 Å². The van der Waals surface area contributed by atoms with Crippen LogP contribution in [0.5, 0.6) is 0 Å².